The van der Waals surface area contributed by atoms with Crippen LogP contribution in [0.25, 0.3) is 0 Å². The van der Waals surface area contributed by atoms with E-state index in [9.17, 15) is 22.8 Å². The number of amides is 2. The van der Waals surface area contributed by atoms with Crippen LogP contribution in [0, 0.1) is 0 Å². The largest absolute Gasteiger partial charge is 0.447 e. The zero-order chi connectivity index (χ0) is 24.9. The Labute approximate surface area is 195 Å². The molecule has 0 saturated carbocycles. The van der Waals surface area contributed by atoms with Gasteiger partial charge in [-0.25, -0.2) is 14.8 Å². The molecular weight excluding hydrogens is 457 g/mol. The van der Waals surface area contributed by atoms with Crippen LogP contribution < -0.4 is 15.7 Å². The fraction of sp³-hybridized carbons (Fsp3) is 0.619. The average molecular weight is 486 g/mol. The number of alkyl halides is 3. The molecule has 34 heavy (non-hydrogen) atoms. The van der Waals surface area contributed by atoms with Gasteiger partial charge < -0.3 is 19.9 Å². The molecule has 0 aliphatic carbocycles. The van der Waals surface area contributed by atoms with E-state index in [0.29, 0.717) is 38.9 Å². The number of carbonyl (C=O) groups is 2. The van der Waals surface area contributed by atoms with Gasteiger partial charge in [-0.3, -0.25) is 15.1 Å². The lowest BCUT2D eigenvalue weighted by Crippen LogP contribution is -2.43. The van der Waals surface area contributed by atoms with Crippen molar-refractivity contribution in [3.8, 4) is 0 Å². The van der Waals surface area contributed by atoms with Crippen molar-refractivity contribution < 1.29 is 32.3 Å². The van der Waals surface area contributed by atoms with Crippen molar-refractivity contribution >= 4 is 17.9 Å². The molecule has 1 aromatic rings. The number of hydroxylamine groups is 1. The second kappa shape index (κ2) is 10.9. The van der Waals surface area contributed by atoms with Gasteiger partial charge in [-0.15, -0.1) is 0 Å². The summed E-state index contributed by atoms with van der Waals surface area (Å²) in [6.45, 7) is 5.33. The number of carbonyl (C=O) groups excluding carboxylic acids is 2. The Balaban J connectivity index is 1.52. The lowest BCUT2D eigenvalue weighted by Gasteiger charge is -2.32. The zero-order valence-corrected chi connectivity index (χ0v) is 19.3. The third-order valence-corrected chi connectivity index (χ3v) is 5.40. The van der Waals surface area contributed by atoms with Gasteiger partial charge in [0.05, 0.1) is 17.8 Å². The van der Waals surface area contributed by atoms with E-state index in [0.717, 1.165) is 11.9 Å². The summed E-state index contributed by atoms with van der Waals surface area (Å²) in [5.74, 6) is -0.999. The second-order valence-corrected chi connectivity index (χ2v) is 8.27. The fourth-order valence-electron chi connectivity index (χ4n) is 3.58. The predicted octanol–water partition coefficient (Wildman–Crippen LogP) is 2.48. The molecule has 2 amide bonds. The lowest BCUT2D eigenvalue weighted by molar-refractivity contribution is -0.141. The molecule has 0 spiro atoms. The molecule has 1 saturated heterocycles. The summed E-state index contributed by atoms with van der Waals surface area (Å²) >= 11 is 0. The molecule has 2 aliphatic heterocycles. The number of rotatable bonds is 6. The molecule has 1 fully saturated rings. The highest BCUT2D eigenvalue weighted by Gasteiger charge is 2.38. The van der Waals surface area contributed by atoms with Crippen molar-refractivity contribution in [1.29, 1.82) is 0 Å². The molecule has 2 N–H and O–H groups in total. The summed E-state index contributed by atoms with van der Waals surface area (Å²) in [7, 11) is 1.24. The first-order valence-corrected chi connectivity index (χ1v) is 11.1. The average Bonchev–Trinajstić information content (AvgIpc) is 2.81. The molecule has 0 bridgehead atoms. The van der Waals surface area contributed by atoms with E-state index in [1.54, 1.807) is 29.7 Å². The van der Waals surface area contributed by atoms with Gasteiger partial charge in [-0.1, -0.05) is 0 Å². The van der Waals surface area contributed by atoms with Gasteiger partial charge in [0.1, 0.15) is 0 Å². The molecule has 2 aliphatic rings. The van der Waals surface area contributed by atoms with E-state index < -0.39 is 23.3 Å². The highest BCUT2D eigenvalue weighted by molar-refractivity contribution is 5.95. The highest BCUT2D eigenvalue weighted by atomic mass is 19.4. The summed E-state index contributed by atoms with van der Waals surface area (Å²) in [4.78, 5) is 40.3. The van der Waals surface area contributed by atoms with Crippen molar-refractivity contribution in [2.75, 3.05) is 38.1 Å². The quantitative estimate of drug-likeness (QED) is 0.591. The van der Waals surface area contributed by atoms with E-state index in [1.165, 1.54) is 7.05 Å². The molecule has 3 rings (SSSR count). The monoisotopic (exact) mass is 486 g/mol. The van der Waals surface area contributed by atoms with Crippen LogP contribution in [0.2, 0.25) is 0 Å². The first kappa shape index (κ1) is 25.5. The molecule has 0 unspecified atom stereocenters. The van der Waals surface area contributed by atoms with Crippen molar-refractivity contribution in [2.45, 2.75) is 51.5 Å². The van der Waals surface area contributed by atoms with Crippen LogP contribution in [-0.4, -0.2) is 72.3 Å². The SMILES string of the molecule is CNC(=O)c1cnc(N2CC=C(NOC3CCN(C(=O)OC(C)C)CC3)CC2)nc1C(F)(F)F. The third kappa shape index (κ3) is 6.49. The maximum absolute atomic E-state index is 13.4. The molecule has 1 aromatic heterocycles. The van der Waals surface area contributed by atoms with Crippen molar-refractivity contribution in [3.63, 3.8) is 0 Å². The lowest BCUT2D eigenvalue weighted by atomic mass is 10.1. The van der Waals surface area contributed by atoms with Crippen LogP contribution >= 0.6 is 0 Å². The van der Waals surface area contributed by atoms with E-state index >= 15 is 0 Å². The Bertz CT molecular complexity index is 916. The first-order chi connectivity index (χ1) is 16.1. The standard InChI is InChI=1S/C21H29F3N6O4/c1-13(2)33-20(32)30-10-6-15(7-11-30)34-28-14-4-8-29(9-5-14)19-26-12-16(18(31)25-3)17(27-19)21(22,23)24/h4,12-13,15,28H,5-11H2,1-3H3,(H,25,31). The van der Waals surface area contributed by atoms with Gasteiger partial charge in [0.25, 0.3) is 5.91 Å². The topological polar surface area (TPSA) is 109 Å². The van der Waals surface area contributed by atoms with Gasteiger partial charge >= 0.3 is 12.3 Å². The number of anilines is 1. The van der Waals surface area contributed by atoms with Crippen molar-refractivity contribution in [1.82, 2.24) is 25.7 Å². The molecular formula is C21H29F3N6O4. The van der Waals surface area contributed by atoms with Crippen LogP contribution in [0.15, 0.2) is 18.0 Å². The van der Waals surface area contributed by atoms with Gasteiger partial charge in [0.2, 0.25) is 5.95 Å². The Morgan fingerprint density at radius 1 is 1.21 bits per heavy atom. The number of likely N-dealkylation sites (tertiary alicyclic amines) is 1. The van der Waals surface area contributed by atoms with Crippen LogP contribution in [0.1, 0.15) is 49.2 Å². The highest BCUT2D eigenvalue weighted by Crippen LogP contribution is 2.31. The van der Waals surface area contributed by atoms with E-state index in [2.05, 4.69) is 20.8 Å². The molecule has 3 heterocycles. The fourth-order valence-corrected chi connectivity index (χ4v) is 3.58. The smallest absolute Gasteiger partial charge is 0.434 e. The van der Waals surface area contributed by atoms with Crippen LogP contribution in [0.3, 0.4) is 0 Å². The maximum atomic E-state index is 13.4. The molecule has 0 atom stereocenters. The Hall–Kier alpha value is -3.09. The van der Waals surface area contributed by atoms with Crippen LogP contribution in [0.4, 0.5) is 23.9 Å². The van der Waals surface area contributed by atoms with Gasteiger partial charge in [-0.05, 0) is 32.8 Å². The number of piperidine rings is 1. The maximum Gasteiger partial charge on any atom is 0.434 e. The first-order valence-electron chi connectivity index (χ1n) is 11.1. The summed E-state index contributed by atoms with van der Waals surface area (Å²) in [5.41, 5.74) is 1.85. The molecule has 188 valence electrons. The van der Waals surface area contributed by atoms with Gasteiger partial charge in [-0.2, -0.15) is 13.2 Å². The Morgan fingerprint density at radius 3 is 2.47 bits per heavy atom. The molecule has 0 aromatic carbocycles. The Kier molecular flexibility index (Phi) is 8.18. The van der Waals surface area contributed by atoms with E-state index in [-0.39, 0.29) is 30.8 Å². The summed E-state index contributed by atoms with van der Waals surface area (Å²) in [6.07, 6.45) is -0.853. The van der Waals surface area contributed by atoms with Crippen molar-refractivity contribution in [3.05, 3.63) is 29.2 Å². The van der Waals surface area contributed by atoms with Gasteiger partial charge in [0, 0.05) is 51.5 Å². The molecule has 13 heteroatoms. The number of nitrogens with one attached hydrogen (secondary N) is 2. The van der Waals surface area contributed by atoms with Gasteiger partial charge in [0.15, 0.2) is 5.69 Å². The summed E-state index contributed by atoms with van der Waals surface area (Å²) in [5, 5.41) is 2.17. The minimum atomic E-state index is -4.78. The minimum Gasteiger partial charge on any atom is -0.447 e. The summed E-state index contributed by atoms with van der Waals surface area (Å²) < 4.78 is 45.4. The number of hydrogen-bond donors (Lipinski definition) is 2. The molecule has 0 radical (unpaired) electrons. The van der Waals surface area contributed by atoms with E-state index in [1.807, 2.05) is 0 Å². The third-order valence-electron chi connectivity index (χ3n) is 5.40. The normalized spacial score (nSPS) is 17.4. The zero-order valence-electron chi connectivity index (χ0n) is 19.3. The summed E-state index contributed by atoms with van der Waals surface area (Å²) in [6, 6.07) is 0. The molecule has 10 nitrogen and oxygen atoms in total. The Morgan fingerprint density at radius 2 is 1.91 bits per heavy atom. The number of ether oxygens (including phenoxy) is 1. The van der Waals surface area contributed by atoms with Crippen LogP contribution in [0.5, 0.6) is 0 Å². The number of aromatic nitrogens is 2. The predicted molar refractivity (Wildman–Crippen MR) is 116 cm³/mol. The number of nitrogens with zero attached hydrogens (tertiary/aromatic N) is 4. The minimum absolute atomic E-state index is 0.0723. The van der Waals surface area contributed by atoms with E-state index in [4.69, 9.17) is 9.57 Å². The van der Waals surface area contributed by atoms with Crippen molar-refractivity contribution in [2.24, 2.45) is 0 Å². The van der Waals surface area contributed by atoms with Crippen LogP contribution in [-0.2, 0) is 15.8 Å². The number of hydrogen-bond acceptors (Lipinski definition) is 8. The second-order valence-electron chi connectivity index (χ2n) is 8.27. The number of halogens is 3.